The number of nitriles is 1. The van der Waals surface area contributed by atoms with Gasteiger partial charge in [0.15, 0.2) is 0 Å². The number of carbonyl (C=O) groups is 1. The summed E-state index contributed by atoms with van der Waals surface area (Å²) in [6, 6.07) is 3.85. The lowest BCUT2D eigenvalue weighted by Gasteiger charge is -2.27. The van der Waals surface area contributed by atoms with Gasteiger partial charge in [0.25, 0.3) is 0 Å². The first-order chi connectivity index (χ1) is 10.8. The zero-order valence-corrected chi connectivity index (χ0v) is 14.6. The van der Waals surface area contributed by atoms with E-state index >= 15 is 0 Å². The normalized spacial score (nSPS) is 10.8. The fourth-order valence-electron chi connectivity index (χ4n) is 2.02. The van der Waals surface area contributed by atoms with Crippen molar-refractivity contribution in [2.24, 2.45) is 0 Å². The molecule has 1 aromatic heterocycles. The van der Waals surface area contributed by atoms with Gasteiger partial charge in [0.05, 0.1) is 5.56 Å². The van der Waals surface area contributed by atoms with Gasteiger partial charge in [-0.25, -0.2) is 9.78 Å². The number of aryl methyl sites for hydroxylation is 1. The molecule has 0 saturated heterocycles. The molecule has 0 aliphatic heterocycles. The molecule has 0 aliphatic rings. The van der Waals surface area contributed by atoms with E-state index in [9.17, 15) is 4.79 Å². The monoisotopic (exact) mass is 318 g/mol. The van der Waals surface area contributed by atoms with Gasteiger partial charge >= 0.3 is 6.09 Å². The van der Waals surface area contributed by atoms with E-state index in [0.717, 1.165) is 17.8 Å². The Morgan fingerprint density at radius 3 is 2.65 bits per heavy atom. The number of carbonyl (C=O) groups excluding carboxylic acids is 1. The molecule has 0 saturated carbocycles. The maximum atomic E-state index is 12.2. The highest BCUT2D eigenvalue weighted by molar-refractivity contribution is 5.68. The highest BCUT2D eigenvalue weighted by atomic mass is 16.6. The number of aromatic nitrogens is 1. The zero-order chi connectivity index (χ0) is 17.5. The summed E-state index contributed by atoms with van der Waals surface area (Å²) in [5.41, 5.74) is 0.944. The van der Waals surface area contributed by atoms with E-state index in [1.165, 1.54) is 6.20 Å². The minimum atomic E-state index is -0.498. The zero-order valence-electron chi connectivity index (χ0n) is 14.6. The number of rotatable bonds is 6. The van der Waals surface area contributed by atoms with Crippen LogP contribution in [0.25, 0.3) is 0 Å². The molecule has 0 bridgehead atoms. The summed E-state index contributed by atoms with van der Waals surface area (Å²) in [4.78, 5) is 18.1. The molecule has 1 N–H and O–H groups in total. The largest absolute Gasteiger partial charge is 0.444 e. The predicted octanol–water partition coefficient (Wildman–Crippen LogP) is 3.32. The molecule has 1 rings (SSSR count). The van der Waals surface area contributed by atoms with Crippen LogP contribution >= 0.6 is 0 Å². The van der Waals surface area contributed by atoms with Gasteiger partial charge in [-0.05, 0) is 45.7 Å². The Hall–Kier alpha value is -2.29. The van der Waals surface area contributed by atoms with Crippen LogP contribution < -0.4 is 5.32 Å². The van der Waals surface area contributed by atoms with Crippen molar-refractivity contribution in [3.63, 3.8) is 0 Å². The molecule has 0 unspecified atom stereocenters. The molecule has 0 radical (unpaired) electrons. The third-order valence-electron chi connectivity index (χ3n) is 3.03. The van der Waals surface area contributed by atoms with Crippen LogP contribution in [0.2, 0.25) is 0 Å². The van der Waals surface area contributed by atoms with E-state index in [2.05, 4.69) is 16.4 Å². The fraction of sp³-hybridized carbons (Fsp3) is 0.588. The van der Waals surface area contributed by atoms with Crippen molar-refractivity contribution < 1.29 is 9.53 Å². The SMILES string of the molecule is CCCN(CCNc1ncc(C#N)cc1C)C(=O)OC(C)(C)C. The number of nitrogens with zero attached hydrogens (tertiary/aromatic N) is 3. The van der Waals surface area contributed by atoms with Crippen LogP contribution in [0.1, 0.15) is 45.2 Å². The van der Waals surface area contributed by atoms with E-state index in [0.29, 0.717) is 25.2 Å². The second kappa shape index (κ2) is 8.37. The molecule has 6 nitrogen and oxygen atoms in total. The van der Waals surface area contributed by atoms with Crippen molar-refractivity contribution in [1.82, 2.24) is 9.88 Å². The van der Waals surface area contributed by atoms with Gasteiger partial charge in [-0.15, -0.1) is 0 Å². The van der Waals surface area contributed by atoms with Crippen molar-refractivity contribution in [3.05, 3.63) is 23.4 Å². The molecule has 126 valence electrons. The Morgan fingerprint density at radius 2 is 2.13 bits per heavy atom. The van der Waals surface area contributed by atoms with Crippen LogP contribution in [0, 0.1) is 18.3 Å². The molecule has 1 aromatic rings. The van der Waals surface area contributed by atoms with Gasteiger partial charge in [0.2, 0.25) is 0 Å². The van der Waals surface area contributed by atoms with Crippen LogP contribution in [-0.2, 0) is 4.74 Å². The van der Waals surface area contributed by atoms with E-state index in [1.807, 2.05) is 34.6 Å². The van der Waals surface area contributed by atoms with Crippen LogP contribution in [0.5, 0.6) is 0 Å². The lowest BCUT2D eigenvalue weighted by Crippen LogP contribution is -2.39. The first-order valence-electron chi connectivity index (χ1n) is 7.85. The first kappa shape index (κ1) is 18.8. The number of anilines is 1. The standard InChI is InChI=1S/C17H26N4O2/c1-6-8-21(16(22)23-17(3,4)5)9-7-19-15-13(2)10-14(11-18)12-20-15/h10,12H,6-9H2,1-5H3,(H,19,20). The summed E-state index contributed by atoms with van der Waals surface area (Å²) in [5.74, 6) is 0.727. The van der Waals surface area contributed by atoms with Gasteiger partial charge in [-0.1, -0.05) is 6.92 Å². The Kier molecular flexibility index (Phi) is 6.83. The highest BCUT2D eigenvalue weighted by Crippen LogP contribution is 2.13. The third-order valence-corrected chi connectivity index (χ3v) is 3.03. The Balaban J connectivity index is 2.59. The minimum absolute atomic E-state index is 0.300. The molecule has 1 heterocycles. The topological polar surface area (TPSA) is 78.3 Å². The number of nitrogens with one attached hydrogen (secondary N) is 1. The van der Waals surface area contributed by atoms with Crippen molar-refractivity contribution >= 4 is 11.9 Å². The summed E-state index contributed by atoms with van der Waals surface area (Å²) in [7, 11) is 0. The second-order valence-electron chi connectivity index (χ2n) is 6.40. The van der Waals surface area contributed by atoms with E-state index in [-0.39, 0.29) is 6.09 Å². The van der Waals surface area contributed by atoms with Crippen LogP contribution in [0.4, 0.5) is 10.6 Å². The van der Waals surface area contributed by atoms with Crippen molar-refractivity contribution in [3.8, 4) is 6.07 Å². The van der Waals surface area contributed by atoms with Gasteiger partial charge in [0.1, 0.15) is 17.5 Å². The summed E-state index contributed by atoms with van der Waals surface area (Å²) in [5, 5.41) is 12.0. The molecule has 0 spiro atoms. The average molecular weight is 318 g/mol. The van der Waals surface area contributed by atoms with Gasteiger partial charge < -0.3 is 15.0 Å². The lowest BCUT2D eigenvalue weighted by molar-refractivity contribution is 0.0257. The Morgan fingerprint density at radius 1 is 1.43 bits per heavy atom. The molecule has 23 heavy (non-hydrogen) atoms. The molecule has 1 amide bonds. The summed E-state index contributed by atoms with van der Waals surface area (Å²) in [6.45, 7) is 11.2. The number of hydrogen-bond donors (Lipinski definition) is 1. The predicted molar refractivity (Wildman–Crippen MR) is 90.3 cm³/mol. The quantitative estimate of drug-likeness (QED) is 0.870. The molecule has 0 aliphatic carbocycles. The van der Waals surface area contributed by atoms with Crippen LogP contribution in [0.15, 0.2) is 12.3 Å². The lowest BCUT2D eigenvalue weighted by atomic mass is 10.2. The Bertz CT molecular complexity index is 573. The molecule has 0 atom stereocenters. The van der Waals surface area contributed by atoms with Gasteiger partial charge in [-0.2, -0.15) is 5.26 Å². The van der Waals surface area contributed by atoms with Gasteiger partial charge in [0, 0.05) is 25.8 Å². The summed E-state index contributed by atoms with van der Waals surface area (Å²) >= 11 is 0. The van der Waals surface area contributed by atoms with Gasteiger partial charge in [-0.3, -0.25) is 0 Å². The van der Waals surface area contributed by atoms with E-state index < -0.39 is 5.60 Å². The van der Waals surface area contributed by atoms with Crippen LogP contribution in [-0.4, -0.2) is 41.2 Å². The van der Waals surface area contributed by atoms with E-state index in [1.54, 1.807) is 11.0 Å². The maximum absolute atomic E-state index is 12.2. The molecule has 0 fully saturated rings. The maximum Gasteiger partial charge on any atom is 0.410 e. The van der Waals surface area contributed by atoms with Crippen LogP contribution in [0.3, 0.4) is 0 Å². The molecule has 6 heteroatoms. The molecular weight excluding hydrogens is 292 g/mol. The number of hydrogen-bond acceptors (Lipinski definition) is 5. The molecular formula is C17H26N4O2. The fourth-order valence-corrected chi connectivity index (χ4v) is 2.02. The number of amides is 1. The smallest absolute Gasteiger partial charge is 0.410 e. The number of pyridine rings is 1. The van der Waals surface area contributed by atoms with Crippen molar-refractivity contribution in [1.29, 1.82) is 5.26 Å². The Labute approximate surface area is 138 Å². The third kappa shape index (κ3) is 6.55. The minimum Gasteiger partial charge on any atom is -0.444 e. The average Bonchev–Trinajstić information content (AvgIpc) is 2.46. The molecule has 0 aromatic carbocycles. The van der Waals surface area contributed by atoms with E-state index in [4.69, 9.17) is 10.00 Å². The highest BCUT2D eigenvalue weighted by Gasteiger charge is 2.21. The summed E-state index contributed by atoms with van der Waals surface area (Å²) in [6.07, 6.45) is 2.10. The number of ether oxygens (including phenoxy) is 1. The second-order valence-corrected chi connectivity index (χ2v) is 6.40. The van der Waals surface area contributed by atoms with Crippen molar-refractivity contribution in [2.75, 3.05) is 25.0 Å². The first-order valence-corrected chi connectivity index (χ1v) is 7.85. The van der Waals surface area contributed by atoms with Crippen molar-refractivity contribution in [2.45, 2.75) is 46.6 Å². The summed E-state index contributed by atoms with van der Waals surface area (Å²) < 4.78 is 5.42.